The van der Waals surface area contributed by atoms with Crippen molar-refractivity contribution in [2.24, 2.45) is 0 Å². The zero-order valence-corrected chi connectivity index (χ0v) is 11.7. The van der Waals surface area contributed by atoms with E-state index < -0.39 is 0 Å². The van der Waals surface area contributed by atoms with E-state index in [4.69, 9.17) is 4.42 Å². The van der Waals surface area contributed by atoms with E-state index in [9.17, 15) is 4.79 Å². The van der Waals surface area contributed by atoms with Gasteiger partial charge in [0.25, 0.3) is 5.91 Å². The number of amides is 1. The van der Waals surface area contributed by atoms with Crippen molar-refractivity contribution in [3.05, 3.63) is 53.1 Å². The zero-order valence-electron chi connectivity index (χ0n) is 11.7. The first-order valence-electron chi connectivity index (χ1n) is 6.51. The van der Waals surface area contributed by atoms with Crippen LogP contribution in [0.5, 0.6) is 0 Å². The van der Waals surface area contributed by atoms with Gasteiger partial charge in [-0.2, -0.15) is 0 Å². The van der Waals surface area contributed by atoms with Crippen LogP contribution >= 0.6 is 0 Å². The van der Waals surface area contributed by atoms with Gasteiger partial charge in [0.1, 0.15) is 5.76 Å². The molecule has 0 aliphatic heterocycles. The van der Waals surface area contributed by atoms with Crippen molar-refractivity contribution in [2.75, 3.05) is 5.32 Å². The third kappa shape index (κ3) is 1.90. The Kier molecular flexibility index (Phi) is 2.86. The minimum atomic E-state index is -0.137. The molecule has 102 valence electrons. The number of fused-ring (bicyclic) bond motifs is 1. The molecule has 20 heavy (non-hydrogen) atoms. The van der Waals surface area contributed by atoms with Crippen LogP contribution in [0.3, 0.4) is 0 Å². The number of hydrogen-bond acceptors (Lipinski definition) is 2. The lowest BCUT2D eigenvalue weighted by Crippen LogP contribution is -2.13. The molecular formula is C16H16N2O2. The molecule has 4 nitrogen and oxygen atoms in total. The van der Waals surface area contributed by atoms with Crippen molar-refractivity contribution in [3.63, 3.8) is 0 Å². The first kappa shape index (κ1) is 12.5. The monoisotopic (exact) mass is 268 g/mol. The number of para-hydroxylation sites is 1. The van der Waals surface area contributed by atoms with Gasteiger partial charge in [0, 0.05) is 22.2 Å². The number of rotatable bonds is 2. The van der Waals surface area contributed by atoms with Crippen molar-refractivity contribution < 1.29 is 9.21 Å². The zero-order chi connectivity index (χ0) is 14.3. The van der Waals surface area contributed by atoms with Crippen LogP contribution in [0.2, 0.25) is 0 Å². The molecule has 0 fully saturated rings. The van der Waals surface area contributed by atoms with Crippen molar-refractivity contribution in [3.8, 4) is 0 Å². The van der Waals surface area contributed by atoms with Crippen LogP contribution in [0.1, 0.15) is 27.4 Å². The average molecular weight is 268 g/mol. The lowest BCUT2D eigenvalue weighted by molar-refractivity contribution is 0.102. The van der Waals surface area contributed by atoms with Crippen molar-refractivity contribution in [1.82, 2.24) is 4.98 Å². The first-order valence-corrected chi connectivity index (χ1v) is 6.51. The molecule has 1 aromatic carbocycles. The number of H-pyrrole nitrogens is 1. The Labute approximate surface area is 116 Å². The van der Waals surface area contributed by atoms with E-state index in [1.165, 1.54) is 0 Å². The van der Waals surface area contributed by atoms with E-state index in [2.05, 4.69) is 10.3 Å². The second-order valence-electron chi connectivity index (χ2n) is 4.97. The number of aromatic amines is 1. The molecule has 0 aliphatic rings. The summed E-state index contributed by atoms with van der Waals surface area (Å²) in [6.45, 7) is 5.61. The summed E-state index contributed by atoms with van der Waals surface area (Å²) < 4.78 is 5.28. The van der Waals surface area contributed by atoms with Gasteiger partial charge >= 0.3 is 0 Å². The molecule has 0 saturated carbocycles. The van der Waals surface area contributed by atoms with Gasteiger partial charge in [-0.3, -0.25) is 4.79 Å². The van der Waals surface area contributed by atoms with Gasteiger partial charge in [-0.1, -0.05) is 18.2 Å². The Morgan fingerprint density at radius 3 is 2.65 bits per heavy atom. The lowest BCUT2D eigenvalue weighted by Gasteiger charge is -2.05. The SMILES string of the molecule is Cc1coc(C)c1C(=O)Nc1c(C)[nH]c2ccccc12. The van der Waals surface area contributed by atoms with Gasteiger partial charge < -0.3 is 14.7 Å². The number of aryl methyl sites for hydroxylation is 3. The van der Waals surface area contributed by atoms with Gasteiger partial charge in [0.2, 0.25) is 0 Å². The van der Waals surface area contributed by atoms with Gasteiger partial charge in [-0.15, -0.1) is 0 Å². The highest BCUT2D eigenvalue weighted by molar-refractivity contribution is 6.10. The Hall–Kier alpha value is -2.49. The molecule has 0 bridgehead atoms. The number of anilines is 1. The van der Waals surface area contributed by atoms with Crippen molar-refractivity contribution in [1.29, 1.82) is 0 Å². The second-order valence-corrected chi connectivity index (χ2v) is 4.97. The number of aromatic nitrogens is 1. The van der Waals surface area contributed by atoms with Crippen LogP contribution in [0.15, 0.2) is 34.9 Å². The average Bonchev–Trinajstić information content (AvgIpc) is 2.91. The summed E-state index contributed by atoms with van der Waals surface area (Å²) in [5, 5.41) is 4.00. The Bertz CT molecular complexity index is 777. The van der Waals surface area contributed by atoms with Crippen LogP contribution in [-0.2, 0) is 0 Å². The fraction of sp³-hybridized carbons (Fsp3) is 0.188. The molecule has 0 atom stereocenters. The summed E-state index contributed by atoms with van der Waals surface area (Å²) in [5.74, 6) is 0.499. The molecule has 3 aromatic rings. The molecule has 0 aliphatic carbocycles. The summed E-state index contributed by atoms with van der Waals surface area (Å²) in [6.07, 6.45) is 1.60. The van der Waals surface area contributed by atoms with Gasteiger partial charge in [0.05, 0.1) is 17.5 Å². The van der Waals surface area contributed by atoms with E-state index in [0.29, 0.717) is 11.3 Å². The highest BCUT2D eigenvalue weighted by Gasteiger charge is 2.18. The third-order valence-electron chi connectivity index (χ3n) is 3.52. The lowest BCUT2D eigenvalue weighted by atomic mass is 10.1. The minimum absolute atomic E-state index is 0.137. The van der Waals surface area contributed by atoms with Crippen LogP contribution in [0.25, 0.3) is 10.9 Å². The maximum Gasteiger partial charge on any atom is 0.259 e. The summed E-state index contributed by atoms with van der Waals surface area (Å²) in [4.78, 5) is 15.7. The number of carbonyl (C=O) groups excluding carboxylic acids is 1. The smallest absolute Gasteiger partial charge is 0.259 e. The van der Waals surface area contributed by atoms with Gasteiger partial charge in [-0.05, 0) is 26.8 Å². The van der Waals surface area contributed by atoms with Gasteiger partial charge in [-0.25, -0.2) is 0 Å². The number of benzene rings is 1. The number of furan rings is 1. The standard InChI is InChI=1S/C16H16N2O2/c1-9-8-20-11(3)14(9)16(19)18-15-10(2)17-13-7-5-4-6-12(13)15/h4-8,17H,1-3H3,(H,18,19). The minimum Gasteiger partial charge on any atom is -0.469 e. The summed E-state index contributed by atoms with van der Waals surface area (Å²) in [7, 11) is 0. The number of carbonyl (C=O) groups is 1. The van der Waals surface area contributed by atoms with Crippen molar-refractivity contribution >= 4 is 22.5 Å². The molecule has 0 unspecified atom stereocenters. The summed E-state index contributed by atoms with van der Waals surface area (Å²) in [6, 6.07) is 7.91. The van der Waals surface area contributed by atoms with E-state index in [0.717, 1.165) is 27.8 Å². The molecular weight excluding hydrogens is 252 g/mol. The van der Waals surface area contributed by atoms with E-state index >= 15 is 0 Å². The molecule has 2 heterocycles. The van der Waals surface area contributed by atoms with E-state index in [1.807, 2.05) is 38.1 Å². The molecule has 1 amide bonds. The van der Waals surface area contributed by atoms with Crippen LogP contribution < -0.4 is 5.32 Å². The maximum atomic E-state index is 12.4. The molecule has 3 rings (SSSR count). The number of nitrogens with one attached hydrogen (secondary N) is 2. The Morgan fingerprint density at radius 1 is 1.20 bits per heavy atom. The predicted molar refractivity (Wildman–Crippen MR) is 79.2 cm³/mol. The van der Waals surface area contributed by atoms with E-state index in [-0.39, 0.29) is 5.91 Å². The highest BCUT2D eigenvalue weighted by atomic mass is 16.3. The van der Waals surface area contributed by atoms with Gasteiger partial charge in [0.15, 0.2) is 0 Å². The Balaban J connectivity index is 2.02. The topological polar surface area (TPSA) is 58.0 Å². The molecule has 2 N–H and O–H groups in total. The Morgan fingerprint density at radius 2 is 1.95 bits per heavy atom. The quantitative estimate of drug-likeness (QED) is 0.739. The second kappa shape index (κ2) is 4.56. The molecule has 0 radical (unpaired) electrons. The normalized spacial score (nSPS) is 10.9. The molecule has 4 heteroatoms. The van der Waals surface area contributed by atoms with E-state index in [1.54, 1.807) is 13.2 Å². The fourth-order valence-electron chi connectivity index (χ4n) is 2.52. The van der Waals surface area contributed by atoms with Crippen molar-refractivity contribution in [2.45, 2.75) is 20.8 Å². The molecule has 0 saturated heterocycles. The maximum absolute atomic E-state index is 12.4. The largest absolute Gasteiger partial charge is 0.469 e. The molecule has 0 spiro atoms. The fourth-order valence-corrected chi connectivity index (χ4v) is 2.52. The van der Waals surface area contributed by atoms with Crippen LogP contribution in [0.4, 0.5) is 5.69 Å². The molecule has 2 aromatic heterocycles. The third-order valence-corrected chi connectivity index (χ3v) is 3.52. The van der Waals surface area contributed by atoms with Crippen LogP contribution in [0, 0.1) is 20.8 Å². The van der Waals surface area contributed by atoms with Crippen LogP contribution in [-0.4, -0.2) is 10.9 Å². The summed E-state index contributed by atoms with van der Waals surface area (Å²) in [5.41, 5.74) is 4.23. The predicted octanol–water partition coefficient (Wildman–Crippen LogP) is 3.94. The first-order chi connectivity index (χ1) is 9.58. The number of hydrogen-bond donors (Lipinski definition) is 2. The summed E-state index contributed by atoms with van der Waals surface area (Å²) >= 11 is 0. The highest BCUT2D eigenvalue weighted by Crippen LogP contribution is 2.28.